The highest BCUT2D eigenvalue weighted by atomic mass is 35.5. The third-order valence-electron chi connectivity index (χ3n) is 3.10. The van der Waals surface area contributed by atoms with Gasteiger partial charge in [0.2, 0.25) is 0 Å². The second-order valence-corrected chi connectivity index (χ2v) is 5.62. The van der Waals surface area contributed by atoms with Crippen molar-refractivity contribution in [2.45, 2.75) is 6.61 Å². The standard InChI is InChI=1S/C17H18ClN3O2S/c1-19-17(24)21-20-10-13-5-8-15(16(9-13)22-2)23-11-12-3-6-14(18)7-4-12/h3-10H,11H2,1-2H3,(H2,19,21,24). The second-order valence-electron chi connectivity index (χ2n) is 4.77. The smallest absolute Gasteiger partial charge is 0.186 e. The van der Waals surface area contributed by atoms with Crippen LogP contribution in [0, 0.1) is 0 Å². The van der Waals surface area contributed by atoms with E-state index in [-0.39, 0.29) is 0 Å². The molecule has 0 spiro atoms. The molecule has 0 atom stereocenters. The second kappa shape index (κ2) is 9.10. The van der Waals surface area contributed by atoms with E-state index in [0.717, 1.165) is 11.1 Å². The zero-order valence-electron chi connectivity index (χ0n) is 13.4. The van der Waals surface area contributed by atoms with Gasteiger partial charge in [-0.25, -0.2) is 0 Å². The van der Waals surface area contributed by atoms with Gasteiger partial charge in [-0.3, -0.25) is 5.43 Å². The van der Waals surface area contributed by atoms with Gasteiger partial charge < -0.3 is 14.8 Å². The molecule has 2 N–H and O–H groups in total. The van der Waals surface area contributed by atoms with E-state index < -0.39 is 0 Å². The minimum Gasteiger partial charge on any atom is -0.493 e. The van der Waals surface area contributed by atoms with Gasteiger partial charge in [-0.2, -0.15) is 5.10 Å². The Balaban J connectivity index is 2.02. The molecule has 0 saturated heterocycles. The van der Waals surface area contributed by atoms with Gasteiger partial charge in [0.1, 0.15) is 6.61 Å². The zero-order chi connectivity index (χ0) is 17.4. The summed E-state index contributed by atoms with van der Waals surface area (Å²) in [7, 11) is 3.32. The molecule has 0 aliphatic carbocycles. The lowest BCUT2D eigenvalue weighted by Gasteiger charge is -2.11. The molecule has 0 unspecified atom stereocenters. The SMILES string of the molecule is CNC(=S)NN=Cc1ccc(OCc2ccc(Cl)cc2)c(OC)c1. The number of halogens is 1. The highest BCUT2D eigenvalue weighted by molar-refractivity contribution is 7.80. The van der Waals surface area contributed by atoms with Gasteiger partial charge in [-0.15, -0.1) is 0 Å². The summed E-state index contributed by atoms with van der Waals surface area (Å²) in [5.74, 6) is 1.28. The van der Waals surface area contributed by atoms with E-state index in [1.54, 1.807) is 20.4 Å². The van der Waals surface area contributed by atoms with Gasteiger partial charge in [0.25, 0.3) is 0 Å². The first-order valence-electron chi connectivity index (χ1n) is 7.18. The molecule has 5 nitrogen and oxygen atoms in total. The molecular formula is C17H18ClN3O2S. The molecule has 0 radical (unpaired) electrons. The number of ether oxygens (including phenoxy) is 2. The van der Waals surface area contributed by atoms with Crippen LogP contribution in [0.25, 0.3) is 0 Å². The molecule has 0 aromatic heterocycles. The lowest BCUT2D eigenvalue weighted by atomic mass is 10.2. The van der Waals surface area contributed by atoms with Crippen molar-refractivity contribution in [3.05, 3.63) is 58.6 Å². The number of thiocarbonyl (C=S) groups is 1. The first kappa shape index (κ1) is 18.0. The maximum Gasteiger partial charge on any atom is 0.186 e. The number of nitrogens with one attached hydrogen (secondary N) is 2. The van der Waals surface area contributed by atoms with Crippen LogP contribution >= 0.6 is 23.8 Å². The molecule has 0 aliphatic heterocycles. The predicted octanol–water partition coefficient (Wildman–Crippen LogP) is 3.36. The molecule has 0 aliphatic rings. The number of hydrogen-bond acceptors (Lipinski definition) is 4. The van der Waals surface area contributed by atoms with Crippen LogP contribution in [0.3, 0.4) is 0 Å². The molecule has 2 aromatic rings. The molecule has 7 heteroatoms. The van der Waals surface area contributed by atoms with Crippen LogP contribution in [0.2, 0.25) is 5.02 Å². The van der Waals surface area contributed by atoms with Crippen molar-refractivity contribution < 1.29 is 9.47 Å². The maximum atomic E-state index is 5.87. The Kier molecular flexibility index (Phi) is 6.84. The fourth-order valence-electron chi connectivity index (χ4n) is 1.85. The summed E-state index contributed by atoms with van der Waals surface area (Å²) in [6.45, 7) is 0.430. The minimum atomic E-state index is 0.430. The summed E-state index contributed by atoms with van der Waals surface area (Å²) in [4.78, 5) is 0. The summed E-state index contributed by atoms with van der Waals surface area (Å²) in [5.41, 5.74) is 4.57. The number of methoxy groups -OCH3 is 1. The molecule has 0 saturated carbocycles. The Labute approximate surface area is 151 Å². The molecule has 0 fully saturated rings. The molecule has 0 heterocycles. The largest absolute Gasteiger partial charge is 0.493 e. The van der Waals surface area contributed by atoms with Crippen molar-refractivity contribution in [3.8, 4) is 11.5 Å². The van der Waals surface area contributed by atoms with Crippen molar-refractivity contribution in [2.75, 3.05) is 14.2 Å². The summed E-state index contributed by atoms with van der Waals surface area (Å²) < 4.78 is 11.2. The van der Waals surface area contributed by atoms with E-state index in [1.807, 2.05) is 42.5 Å². The van der Waals surface area contributed by atoms with E-state index in [4.69, 9.17) is 33.3 Å². The fraction of sp³-hybridized carbons (Fsp3) is 0.176. The molecule has 2 aromatic carbocycles. The van der Waals surface area contributed by atoms with Gasteiger partial charge in [0.05, 0.1) is 13.3 Å². The monoisotopic (exact) mass is 363 g/mol. The van der Waals surface area contributed by atoms with Gasteiger partial charge in [0.15, 0.2) is 16.6 Å². The molecular weight excluding hydrogens is 346 g/mol. The highest BCUT2D eigenvalue weighted by Gasteiger charge is 2.06. The van der Waals surface area contributed by atoms with Crippen LogP contribution in [-0.2, 0) is 6.61 Å². The zero-order valence-corrected chi connectivity index (χ0v) is 14.9. The van der Waals surface area contributed by atoms with Crippen molar-refractivity contribution in [1.29, 1.82) is 0 Å². The van der Waals surface area contributed by atoms with Crippen molar-refractivity contribution in [3.63, 3.8) is 0 Å². The van der Waals surface area contributed by atoms with E-state index in [1.165, 1.54) is 0 Å². The molecule has 24 heavy (non-hydrogen) atoms. The summed E-state index contributed by atoms with van der Waals surface area (Å²) in [5, 5.41) is 7.95. The third-order valence-corrected chi connectivity index (χ3v) is 3.65. The summed E-state index contributed by atoms with van der Waals surface area (Å²) >= 11 is 10.8. The van der Waals surface area contributed by atoms with Gasteiger partial charge in [-0.05, 0) is 53.7 Å². The van der Waals surface area contributed by atoms with Crippen LogP contribution in [-0.4, -0.2) is 25.5 Å². The average Bonchev–Trinajstić information content (AvgIpc) is 2.61. The van der Waals surface area contributed by atoms with E-state index >= 15 is 0 Å². The summed E-state index contributed by atoms with van der Waals surface area (Å²) in [6.07, 6.45) is 1.65. The van der Waals surface area contributed by atoms with Crippen LogP contribution in [0.4, 0.5) is 0 Å². The normalized spacial score (nSPS) is 10.5. The quantitative estimate of drug-likeness (QED) is 0.468. The van der Waals surface area contributed by atoms with Gasteiger partial charge >= 0.3 is 0 Å². The molecule has 2 rings (SSSR count). The predicted molar refractivity (Wildman–Crippen MR) is 101 cm³/mol. The lowest BCUT2D eigenvalue weighted by molar-refractivity contribution is 0.284. The minimum absolute atomic E-state index is 0.430. The molecule has 0 bridgehead atoms. The molecule has 0 amide bonds. The van der Waals surface area contributed by atoms with Crippen LogP contribution in [0.1, 0.15) is 11.1 Å². The van der Waals surface area contributed by atoms with Crippen LogP contribution < -0.4 is 20.2 Å². The lowest BCUT2D eigenvalue weighted by Crippen LogP contribution is -2.28. The topological polar surface area (TPSA) is 54.9 Å². The Hall–Kier alpha value is -2.31. The van der Waals surface area contributed by atoms with E-state index in [2.05, 4.69) is 15.8 Å². The number of benzene rings is 2. The van der Waals surface area contributed by atoms with Gasteiger partial charge in [0, 0.05) is 12.1 Å². The van der Waals surface area contributed by atoms with E-state index in [0.29, 0.717) is 28.2 Å². The highest BCUT2D eigenvalue weighted by Crippen LogP contribution is 2.28. The number of nitrogens with zero attached hydrogens (tertiary/aromatic N) is 1. The number of hydrogen-bond donors (Lipinski definition) is 2. The Morgan fingerprint density at radius 2 is 1.96 bits per heavy atom. The number of rotatable bonds is 6. The van der Waals surface area contributed by atoms with Crippen LogP contribution in [0.5, 0.6) is 11.5 Å². The van der Waals surface area contributed by atoms with Crippen LogP contribution in [0.15, 0.2) is 47.6 Å². The third kappa shape index (κ3) is 5.40. The Morgan fingerprint density at radius 3 is 2.62 bits per heavy atom. The summed E-state index contributed by atoms with van der Waals surface area (Å²) in [6, 6.07) is 13.1. The van der Waals surface area contributed by atoms with E-state index in [9.17, 15) is 0 Å². The van der Waals surface area contributed by atoms with Crippen molar-refractivity contribution >= 4 is 35.1 Å². The maximum absolute atomic E-state index is 5.87. The molecule has 126 valence electrons. The first-order valence-corrected chi connectivity index (χ1v) is 7.97. The first-order chi connectivity index (χ1) is 11.6. The van der Waals surface area contributed by atoms with Crippen molar-refractivity contribution in [1.82, 2.24) is 10.7 Å². The fourth-order valence-corrected chi connectivity index (χ4v) is 2.03. The van der Waals surface area contributed by atoms with Gasteiger partial charge in [-0.1, -0.05) is 23.7 Å². The average molecular weight is 364 g/mol. The van der Waals surface area contributed by atoms with Crippen molar-refractivity contribution in [2.24, 2.45) is 5.10 Å². The Bertz CT molecular complexity index is 720. The Morgan fingerprint density at radius 1 is 1.21 bits per heavy atom. The number of hydrazone groups is 1.